The summed E-state index contributed by atoms with van der Waals surface area (Å²) in [4.78, 5) is 3.36. The second-order valence-corrected chi connectivity index (χ2v) is 2.32. The summed E-state index contributed by atoms with van der Waals surface area (Å²) < 4.78 is 42.2. The first-order chi connectivity index (χ1) is 6.61. The smallest absolute Gasteiger partial charge is 0.268 e. The van der Waals surface area contributed by atoms with Crippen LogP contribution in [0.3, 0.4) is 0 Å². The van der Waals surface area contributed by atoms with Crippen molar-refractivity contribution in [2.75, 3.05) is 7.11 Å². The van der Waals surface area contributed by atoms with Gasteiger partial charge in [0.05, 0.1) is 18.2 Å². The Morgan fingerprint density at radius 2 is 2.21 bits per heavy atom. The highest BCUT2D eigenvalue weighted by Crippen LogP contribution is 2.29. The molecule has 0 atom stereocenters. The van der Waals surface area contributed by atoms with Gasteiger partial charge in [0.2, 0.25) is 0 Å². The molecule has 0 fully saturated rings. The Hall–Kier alpha value is -1.77. The van der Waals surface area contributed by atoms with Gasteiger partial charge in [0.25, 0.3) is 12.3 Å². The number of hydrogen-bond acceptors (Lipinski definition) is 3. The van der Waals surface area contributed by atoms with Gasteiger partial charge in [-0.15, -0.1) is 0 Å². The lowest BCUT2D eigenvalue weighted by molar-refractivity contribution is 0.144. The summed E-state index contributed by atoms with van der Waals surface area (Å²) in [6.45, 7) is 0. The van der Waals surface area contributed by atoms with Gasteiger partial charge < -0.3 is 4.74 Å². The Bertz CT molecular complexity index is 387. The fourth-order valence-electron chi connectivity index (χ4n) is 0.928. The number of rotatable bonds is 2. The summed E-state index contributed by atoms with van der Waals surface area (Å²) in [6, 6.07) is 1.43. The van der Waals surface area contributed by atoms with Gasteiger partial charge in [-0.1, -0.05) is 0 Å². The molecule has 74 valence electrons. The van der Waals surface area contributed by atoms with Crippen LogP contribution in [0.5, 0.6) is 5.88 Å². The zero-order chi connectivity index (χ0) is 10.7. The number of alkyl halides is 2. The molecule has 0 saturated carbocycles. The number of halogens is 3. The van der Waals surface area contributed by atoms with Gasteiger partial charge >= 0.3 is 0 Å². The Morgan fingerprint density at radius 3 is 2.64 bits per heavy atom. The van der Waals surface area contributed by atoms with Gasteiger partial charge in [0.1, 0.15) is 6.07 Å². The maximum absolute atomic E-state index is 13.2. The van der Waals surface area contributed by atoms with Gasteiger partial charge in [-0.2, -0.15) is 5.26 Å². The molecule has 0 bridgehead atoms. The summed E-state index contributed by atoms with van der Waals surface area (Å²) in [5.74, 6) is -1.83. The molecule has 14 heavy (non-hydrogen) atoms. The summed E-state index contributed by atoms with van der Waals surface area (Å²) >= 11 is 0. The molecule has 0 aliphatic carbocycles. The summed E-state index contributed by atoms with van der Waals surface area (Å²) in [5.41, 5.74) is -1.46. The molecule has 1 aromatic rings. The van der Waals surface area contributed by atoms with Gasteiger partial charge in [-0.25, -0.2) is 18.2 Å². The Labute approximate surface area is 77.7 Å². The minimum Gasteiger partial charge on any atom is -0.479 e. The molecule has 1 rings (SSSR count). The maximum atomic E-state index is 13.2. The number of hydrogen-bond donors (Lipinski definition) is 0. The number of nitriles is 1. The van der Waals surface area contributed by atoms with Crippen molar-refractivity contribution in [3.8, 4) is 11.9 Å². The van der Waals surface area contributed by atoms with E-state index in [2.05, 4.69) is 9.72 Å². The summed E-state index contributed by atoms with van der Waals surface area (Å²) in [7, 11) is 1.10. The third-order valence-corrected chi connectivity index (χ3v) is 1.56. The van der Waals surface area contributed by atoms with E-state index in [-0.39, 0.29) is 0 Å². The van der Waals surface area contributed by atoms with Gasteiger partial charge in [0, 0.05) is 6.20 Å². The molecule has 0 radical (unpaired) electrons. The minimum atomic E-state index is -3.07. The first-order valence-corrected chi connectivity index (χ1v) is 3.52. The molecule has 3 nitrogen and oxygen atoms in total. The molecule has 0 aromatic carbocycles. The van der Waals surface area contributed by atoms with E-state index in [1.807, 2.05) is 0 Å². The van der Waals surface area contributed by atoms with E-state index in [0.29, 0.717) is 0 Å². The van der Waals surface area contributed by atoms with E-state index in [0.717, 1.165) is 13.3 Å². The van der Waals surface area contributed by atoms with Crippen LogP contribution >= 0.6 is 0 Å². The third-order valence-electron chi connectivity index (χ3n) is 1.56. The van der Waals surface area contributed by atoms with Crippen LogP contribution in [0.15, 0.2) is 6.20 Å². The Morgan fingerprint density at radius 1 is 1.57 bits per heavy atom. The first kappa shape index (κ1) is 10.3. The molecule has 0 amide bonds. The van der Waals surface area contributed by atoms with Crippen molar-refractivity contribution in [2.45, 2.75) is 6.43 Å². The number of aromatic nitrogens is 1. The van der Waals surface area contributed by atoms with Crippen molar-refractivity contribution in [3.05, 3.63) is 23.1 Å². The average Bonchev–Trinajstić information content (AvgIpc) is 2.16. The quantitative estimate of drug-likeness (QED) is 0.737. The molecule has 0 saturated heterocycles. The van der Waals surface area contributed by atoms with E-state index in [1.54, 1.807) is 0 Å². The second-order valence-electron chi connectivity index (χ2n) is 2.32. The predicted molar refractivity (Wildman–Crippen MR) is 40.4 cm³/mol. The molecule has 1 aromatic heterocycles. The topological polar surface area (TPSA) is 45.9 Å². The van der Waals surface area contributed by atoms with E-state index >= 15 is 0 Å². The van der Waals surface area contributed by atoms with Gasteiger partial charge in [-0.3, -0.25) is 0 Å². The zero-order valence-electron chi connectivity index (χ0n) is 7.09. The molecular formula is C8H5F3N2O. The molecule has 1 heterocycles. The van der Waals surface area contributed by atoms with E-state index in [1.165, 1.54) is 6.07 Å². The lowest BCUT2D eigenvalue weighted by atomic mass is 10.1. The number of methoxy groups -OCH3 is 1. The molecule has 6 heteroatoms. The van der Waals surface area contributed by atoms with Crippen molar-refractivity contribution < 1.29 is 17.9 Å². The number of nitrogens with zero attached hydrogens (tertiary/aromatic N) is 2. The van der Waals surface area contributed by atoms with Crippen LogP contribution in [0.1, 0.15) is 17.6 Å². The standard InChI is InChI=1S/C8H5F3N2O/c1-14-8-6(9)5(7(10)11)4(2-12)3-13-8/h3,7H,1H3. The zero-order valence-corrected chi connectivity index (χ0v) is 7.09. The fraction of sp³-hybridized carbons (Fsp3) is 0.250. The van der Waals surface area contributed by atoms with E-state index in [9.17, 15) is 13.2 Å². The molecular weight excluding hydrogens is 197 g/mol. The van der Waals surface area contributed by atoms with Crippen LogP contribution in [-0.2, 0) is 0 Å². The normalized spacial score (nSPS) is 10.0. The molecule has 0 N–H and O–H groups in total. The molecule has 0 aliphatic heterocycles. The lowest BCUT2D eigenvalue weighted by Crippen LogP contribution is -2.01. The lowest BCUT2D eigenvalue weighted by Gasteiger charge is -2.06. The van der Waals surface area contributed by atoms with Crippen LogP contribution in [0.25, 0.3) is 0 Å². The molecule has 0 unspecified atom stereocenters. The number of pyridine rings is 1. The maximum Gasteiger partial charge on any atom is 0.268 e. The summed E-state index contributed by atoms with van der Waals surface area (Å²) in [5, 5.41) is 8.42. The van der Waals surface area contributed by atoms with Crippen LogP contribution in [-0.4, -0.2) is 12.1 Å². The van der Waals surface area contributed by atoms with Gasteiger partial charge in [-0.05, 0) is 0 Å². The van der Waals surface area contributed by atoms with Crippen molar-refractivity contribution in [3.63, 3.8) is 0 Å². The first-order valence-electron chi connectivity index (χ1n) is 3.52. The average molecular weight is 202 g/mol. The highest BCUT2D eigenvalue weighted by molar-refractivity contribution is 5.40. The van der Waals surface area contributed by atoms with Crippen LogP contribution in [0.4, 0.5) is 13.2 Å². The van der Waals surface area contributed by atoms with Gasteiger partial charge in [0.15, 0.2) is 5.82 Å². The minimum absolute atomic E-state index is 0.488. The van der Waals surface area contributed by atoms with Crippen LogP contribution in [0, 0.1) is 17.1 Å². The monoisotopic (exact) mass is 202 g/mol. The number of ether oxygens (including phenoxy) is 1. The van der Waals surface area contributed by atoms with E-state index in [4.69, 9.17) is 5.26 Å². The Kier molecular flexibility index (Phi) is 2.92. The van der Waals surface area contributed by atoms with Crippen molar-refractivity contribution in [1.82, 2.24) is 4.98 Å². The molecule has 0 aliphatic rings. The second kappa shape index (κ2) is 3.96. The highest BCUT2D eigenvalue weighted by Gasteiger charge is 2.22. The summed E-state index contributed by atoms with van der Waals surface area (Å²) in [6.07, 6.45) is -2.22. The highest BCUT2D eigenvalue weighted by atomic mass is 19.3. The third kappa shape index (κ3) is 1.62. The fourth-order valence-corrected chi connectivity index (χ4v) is 0.928. The van der Waals surface area contributed by atoms with Crippen molar-refractivity contribution in [2.24, 2.45) is 0 Å². The van der Waals surface area contributed by atoms with Crippen molar-refractivity contribution >= 4 is 0 Å². The predicted octanol–water partition coefficient (Wildman–Crippen LogP) is 2.04. The van der Waals surface area contributed by atoms with E-state index < -0.39 is 29.2 Å². The largest absolute Gasteiger partial charge is 0.479 e. The SMILES string of the molecule is COc1ncc(C#N)c(C(F)F)c1F. The Balaban J connectivity index is 3.41. The van der Waals surface area contributed by atoms with Crippen molar-refractivity contribution in [1.29, 1.82) is 5.26 Å². The molecule has 0 spiro atoms. The van der Waals surface area contributed by atoms with Crippen LogP contribution in [0.2, 0.25) is 0 Å². The van der Waals surface area contributed by atoms with Crippen LogP contribution < -0.4 is 4.74 Å².